The lowest BCUT2D eigenvalue weighted by Gasteiger charge is -2.38. The molecule has 0 spiro atoms. The maximum absolute atomic E-state index is 14.6. The molecule has 0 aromatic heterocycles. The van der Waals surface area contributed by atoms with E-state index in [1.54, 1.807) is 4.90 Å². The van der Waals surface area contributed by atoms with Gasteiger partial charge in [0.1, 0.15) is 24.2 Å². The Hall–Kier alpha value is -3.71. The molecule has 3 aliphatic carbocycles. The molecule has 1 aliphatic heterocycles. The van der Waals surface area contributed by atoms with E-state index < -0.39 is 77.0 Å². The van der Waals surface area contributed by atoms with Crippen molar-refractivity contribution < 1.29 is 38.3 Å². The first-order valence-corrected chi connectivity index (χ1v) is 18.6. The lowest BCUT2D eigenvalue weighted by atomic mass is 9.82. The molecule has 14 heteroatoms. The van der Waals surface area contributed by atoms with Gasteiger partial charge in [-0.25, -0.2) is 4.79 Å². The van der Waals surface area contributed by atoms with Gasteiger partial charge in [0.15, 0.2) is 0 Å². The van der Waals surface area contributed by atoms with Gasteiger partial charge in [0.05, 0.1) is 13.2 Å². The molecule has 3 saturated carbocycles. The van der Waals surface area contributed by atoms with Gasteiger partial charge in [-0.2, -0.15) is 0 Å². The molecule has 1 saturated heterocycles. The molecule has 1 unspecified atom stereocenters. The largest absolute Gasteiger partial charge is 0.453 e. The third-order valence-corrected chi connectivity index (χ3v) is 10.8. The van der Waals surface area contributed by atoms with Crippen LogP contribution in [-0.4, -0.2) is 96.2 Å². The van der Waals surface area contributed by atoms with Crippen LogP contribution in [0.3, 0.4) is 0 Å². The van der Waals surface area contributed by atoms with Gasteiger partial charge in [-0.05, 0) is 75.0 Å². The quantitative estimate of drug-likeness (QED) is 0.170. The molecule has 50 heavy (non-hydrogen) atoms. The molecule has 0 bridgehead atoms. The molecule has 14 nitrogen and oxygen atoms in total. The molecule has 1 heterocycles. The topological polar surface area (TPSA) is 192 Å². The fourth-order valence-electron chi connectivity index (χ4n) is 7.82. The summed E-state index contributed by atoms with van der Waals surface area (Å²) in [6, 6.07) is -4.79. The molecule has 7 atom stereocenters. The number of nitrogens with zero attached hydrogens (tertiary/aromatic N) is 1. The fourth-order valence-corrected chi connectivity index (χ4v) is 7.82. The molecule has 0 radical (unpaired) electrons. The van der Waals surface area contributed by atoms with Crippen LogP contribution in [0, 0.1) is 23.2 Å². The molecule has 4 rings (SSSR count). The van der Waals surface area contributed by atoms with Gasteiger partial charge < -0.3 is 36.2 Å². The number of carbonyl (C=O) groups excluding carboxylic acids is 7. The van der Waals surface area contributed by atoms with Crippen molar-refractivity contribution in [1.29, 1.82) is 0 Å². The first kappa shape index (κ1) is 39.1. The van der Waals surface area contributed by atoms with E-state index in [4.69, 9.17) is 0 Å². The molecule has 0 aromatic carbocycles. The van der Waals surface area contributed by atoms with Crippen molar-refractivity contribution in [2.24, 2.45) is 23.2 Å². The lowest BCUT2D eigenvalue weighted by molar-refractivity contribution is -0.146. The zero-order valence-electron chi connectivity index (χ0n) is 30.6. The average Bonchev–Trinajstić information content (AvgIpc) is 3.64. The maximum atomic E-state index is 14.6. The number of carbonyl (C=O) groups is 7. The molecule has 0 aromatic rings. The fraction of sp³-hybridized carbons (Fsp3) is 0.806. The normalized spacial score (nSPS) is 24.5. The van der Waals surface area contributed by atoms with E-state index in [9.17, 15) is 33.6 Å². The number of likely N-dealkylation sites (tertiary alicyclic amines) is 1. The second kappa shape index (κ2) is 17.0. The monoisotopic (exact) mass is 702 g/mol. The van der Waals surface area contributed by atoms with E-state index in [0.717, 1.165) is 64.2 Å². The number of hydrogen-bond acceptors (Lipinski definition) is 8. The smallest absolute Gasteiger partial charge is 0.407 e. The Morgan fingerprint density at radius 3 is 2.10 bits per heavy atom. The van der Waals surface area contributed by atoms with Crippen LogP contribution in [0.4, 0.5) is 4.79 Å². The van der Waals surface area contributed by atoms with Crippen LogP contribution in [0.1, 0.15) is 112 Å². The van der Waals surface area contributed by atoms with Crippen molar-refractivity contribution in [3.8, 4) is 0 Å². The maximum Gasteiger partial charge on any atom is 0.407 e. The highest BCUT2D eigenvalue weighted by atomic mass is 16.5. The summed E-state index contributed by atoms with van der Waals surface area (Å²) in [4.78, 5) is 95.0. The molecular weight excluding hydrogens is 644 g/mol. The van der Waals surface area contributed by atoms with Gasteiger partial charge in [-0.1, -0.05) is 59.8 Å². The SMILES string of the molecule is CCC[C@H](NC(=O)C1[C@H]2CCC[C@H]2CN1C(=O)[C@@H](NC(=O)[C@@H](NC(=O)[C@@H](C)NC(=O)OC)C1CCCCC1)C(C)(C)C)C(=O)C(=O)NC1CC1. The van der Waals surface area contributed by atoms with E-state index in [2.05, 4.69) is 31.3 Å². The number of Topliss-reactive ketones (excluding diaryl/α,β-unsaturated/α-hetero) is 1. The Balaban J connectivity index is 1.55. The third kappa shape index (κ3) is 9.74. The first-order valence-electron chi connectivity index (χ1n) is 18.6. The molecule has 280 valence electrons. The predicted octanol–water partition coefficient (Wildman–Crippen LogP) is 2.09. The molecule has 4 fully saturated rings. The third-order valence-electron chi connectivity index (χ3n) is 10.8. The second-order valence-electron chi connectivity index (χ2n) is 15.8. The van der Waals surface area contributed by atoms with Gasteiger partial charge in [-0.3, -0.25) is 28.8 Å². The number of ether oxygens (including phenoxy) is 1. The van der Waals surface area contributed by atoms with E-state index in [0.29, 0.717) is 19.4 Å². The molecule has 6 amide bonds. The predicted molar refractivity (Wildman–Crippen MR) is 184 cm³/mol. The van der Waals surface area contributed by atoms with Gasteiger partial charge in [0.25, 0.3) is 5.91 Å². The van der Waals surface area contributed by atoms with E-state index >= 15 is 0 Å². The summed E-state index contributed by atoms with van der Waals surface area (Å²) < 4.78 is 4.61. The highest BCUT2D eigenvalue weighted by Crippen LogP contribution is 2.43. The minimum absolute atomic E-state index is 0.00196. The molecule has 4 aliphatic rings. The zero-order valence-corrected chi connectivity index (χ0v) is 30.6. The lowest BCUT2D eigenvalue weighted by Crippen LogP contribution is -2.63. The van der Waals surface area contributed by atoms with Crippen molar-refractivity contribution in [3.05, 3.63) is 0 Å². The van der Waals surface area contributed by atoms with E-state index in [1.165, 1.54) is 14.0 Å². The summed E-state index contributed by atoms with van der Waals surface area (Å²) in [5.41, 5.74) is -0.770. The van der Waals surface area contributed by atoms with Crippen molar-refractivity contribution in [1.82, 2.24) is 31.5 Å². The minimum atomic E-state index is -1.03. The Morgan fingerprint density at radius 1 is 0.820 bits per heavy atom. The number of methoxy groups -OCH3 is 1. The van der Waals surface area contributed by atoms with Gasteiger partial charge >= 0.3 is 6.09 Å². The van der Waals surface area contributed by atoms with Crippen molar-refractivity contribution >= 4 is 41.4 Å². The van der Waals surface area contributed by atoms with Crippen LogP contribution >= 0.6 is 0 Å². The Labute approximate surface area is 295 Å². The standard InChI is InChI=1S/C36H58N6O8/c1-7-12-25(28(43)33(47)38-23-17-18-23)39-32(46)27-24-16-11-15-22(24)19-42(27)34(48)29(36(3,4)5)41-31(45)26(21-13-9-8-10-14-21)40-30(44)20(2)37-35(49)50-6/h20-27,29H,7-19H2,1-6H3,(H,37,49)(H,38,47)(H,39,46)(H,40,44)(H,41,45)/t20-,22+,24+,25+,26+,27?,29-/m1/s1. The minimum Gasteiger partial charge on any atom is -0.453 e. The number of hydrogen-bond donors (Lipinski definition) is 5. The van der Waals surface area contributed by atoms with Crippen LogP contribution in [0.15, 0.2) is 0 Å². The summed E-state index contributed by atoms with van der Waals surface area (Å²) in [5, 5.41) is 13.8. The molecule has 5 N–H and O–H groups in total. The van der Waals surface area contributed by atoms with Gasteiger partial charge in [-0.15, -0.1) is 0 Å². The Morgan fingerprint density at radius 2 is 1.50 bits per heavy atom. The number of alkyl carbamates (subject to hydrolysis) is 1. The number of nitrogens with one attached hydrogen (secondary N) is 5. The Kier molecular flexibility index (Phi) is 13.3. The van der Waals surface area contributed by atoms with Crippen LogP contribution in [0.5, 0.6) is 0 Å². The van der Waals surface area contributed by atoms with Gasteiger partial charge in [0.2, 0.25) is 29.4 Å². The summed E-state index contributed by atoms with van der Waals surface area (Å²) in [7, 11) is 1.20. The highest BCUT2D eigenvalue weighted by Gasteiger charge is 2.52. The van der Waals surface area contributed by atoms with Crippen LogP contribution in [0.2, 0.25) is 0 Å². The molecular formula is C36H58N6O8. The number of fused-ring (bicyclic) bond motifs is 1. The van der Waals surface area contributed by atoms with Crippen LogP contribution < -0.4 is 26.6 Å². The average molecular weight is 703 g/mol. The van der Waals surface area contributed by atoms with Crippen LogP contribution in [0.25, 0.3) is 0 Å². The van der Waals surface area contributed by atoms with Crippen molar-refractivity contribution in [2.45, 2.75) is 148 Å². The summed E-state index contributed by atoms with van der Waals surface area (Å²) in [5.74, 6) is -3.47. The van der Waals surface area contributed by atoms with Crippen molar-refractivity contribution in [3.63, 3.8) is 0 Å². The van der Waals surface area contributed by atoms with E-state index in [-0.39, 0.29) is 23.8 Å². The zero-order chi connectivity index (χ0) is 36.7. The Bertz CT molecular complexity index is 1290. The summed E-state index contributed by atoms with van der Waals surface area (Å²) in [6.45, 7) is 9.24. The van der Waals surface area contributed by atoms with E-state index in [1.807, 2.05) is 27.7 Å². The highest BCUT2D eigenvalue weighted by molar-refractivity contribution is 6.38. The van der Waals surface area contributed by atoms with Crippen molar-refractivity contribution in [2.75, 3.05) is 13.7 Å². The summed E-state index contributed by atoms with van der Waals surface area (Å²) in [6.07, 6.45) is 8.56. The summed E-state index contributed by atoms with van der Waals surface area (Å²) >= 11 is 0. The number of ketones is 1. The second-order valence-corrected chi connectivity index (χ2v) is 15.8. The van der Waals surface area contributed by atoms with Gasteiger partial charge in [0, 0.05) is 12.6 Å². The first-order chi connectivity index (χ1) is 23.7. The number of amides is 6. The number of rotatable bonds is 14. The van der Waals surface area contributed by atoms with Crippen LogP contribution in [-0.2, 0) is 33.5 Å².